The van der Waals surface area contributed by atoms with Gasteiger partial charge in [0.05, 0.1) is 0 Å². The molecule has 3 aromatic carbocycles. The van der Waals surface area contributed by atoms with Gasteiger partial charge in [0.2, 0.25) is 0 Å². The third-order valence-corrected chi connectivity index (χ3v) is 4.34. The smallest absolute Gasteiger partial charge is 0.261 e. The lowest BCUT2D eigenvalue weighted by atomic mass is 10.1. The van der Waals surface area contributed by atoms with Crippen molar-refractivity contribution in [1.29, 1.82) is 0 Å². The van der Waals surface area contributed by atoms with Crippen LogP contribution in [0.25, 0.3) is 10.8 Å². The van der Waals surface area contributed by atoms with Crippen molar-refractivity contribution in [2.75, 3.05) is 6.61 Å². The highest BCUT2D eigenvalue weighted by Crippen LogP contribution is 2.26. The SMILES string of the molecule is O=C(COc1cccc2ccccc12)N1Cc2ccc(F)cc2C1. The molecule has 120 valence electrons. The lowest BCUT2D eigenvalue weighted by Crippen LogP contribution is -2.30. The first-order chi connectivity index (χ1) is 11.7. The number of ether oxygens (including phenoxy) is 1. The second kappa shape index (κ2) is 5.96. The van der Waals surface area contributed by atoms with E-state index in [0.29, 0.717) is 18.8 Å². The van der Waals surface area contributed by atoms with E-state index >= 15 is 0 Å². The molecule has 0 spiro atoms. The molecule has 3 nitrogen and oxygen atoms in total. The third-order valence-electron chi connectivity index (χ3n) is 4.34. The Morgan fingerprint density at radius 1 is 1.00 bits per heavy atom. The van der Waals surface area contributed by atoms with Crippen LogP contribution in [0.3, 0.4) is 0 Å². The van der Waals surface area contributed by atoms with E-state index in [1.165, 1.54) is 12.1 Å². The van der Waals surface area contributed by atoms with E-state index in [1.54, 1.807) is 11.0 Å². The molecule has 0 N–H and O–H groups in total. The Kier molecular flexibility index (Phi) is 3.65. The second-order valence-corrected chi connectivity index (χ2v) is 5.93. The van der Waals surface area contributed by atoms with E-state index in [1.807, 2.05) is 42.5 Å². The largest absolute Gasteiger partial charge is 0.483 e. The van der Waals surface area contributed by atoms with Gasteiger partial charge >= 0.3 is 0 Å². The number of hydrogen-bond donors (Lipinski definition) is 0. The molecule has 0 atom stereocenters. The van der Waals surface area contributed by atoms with Gasteiger partial charge in [-0.3, -0.25) is 4.79 Å². The molecule has 0 unspecified atom stereocenters. The molecule has 24 heavy (non-hydrogen) atoms. The van der Waals surface area contributed by atoms with Gasteiger partial charge in [-0.1, -0.05) is 42.5 Å². The summed E-state index contributed by atoms with van der Waals surface area (Å²) in [6.45, 7) is 0.919. The number of rotatable bonds is 3. The maximum atomic E-state index is 13.3. The molecule has 0 bridgehead atoms. The predicted molar refractivity (Wildman–Crippen MR) is 90.1 cm³/mol. The van der Waals surface area contributed by atoms with Crippen LogP contribution >= 0.6 is 0 Å². The van der Waals surface area contributed by atoms with Crippen LogP contribution in [0.15, 0.2) is 60.7 Å². The quantitative estimate of drug-likeness (QED) is 0.732. The number of carbonyl (C=O) groups is 1. The van der Waals surface area contributed by atoms with Gasteiger partial charge in [-0.15, -0.1) is 0 Å². The lowest BCUT2D eigenvalue weighted by molar-refractivity contribution is -0.133. The van der Waals surface area contributed by atoms with Gasteiger partial charge in [0.25, 0.3) is 5.91 Å². The summed E-state index contributed by atoms with van der Waals surface area (Å²) in [6.07, 6.45) is 0. The fraction of sp³-hybridized carbons (Fsp3) is 0.150. The minimum atomic E-state index is -0.268. The summed E-state index contributed by atoms with van der Waals surface area (Å²) in [5, 5.41) is 2.06. The standard InChI is InChI=1S/C20H16FNO2/c21-17-9-8-15-11-22(12-16(15)10-17)20(23)13-24-19-7-3-5-14-4-1-2-6-18(14)19/h1-10H,11-13H2. The first-order valence-corrected chi connectivity index (χ1v) is 7.86. The average Bonchev–Trinajstić information content (AvgIpc) is 3.03. The van der Waals surface area contributed by atoms with Crippen molar-refractivity contribution in [3.63, 3.8) is 0 Å². The van der Waals surface area contributed by atoms with Crippen LogP contribution in [0, 0.1) is 5.82 Å². The monoisotopic (exact) mass is 321 g/mol. The Bertz CT molecular complexity index is 917. The van der Waals surface area contributed by atoms with Crippen LogP contribution in [0.1, 0.15) is 11.1 Å². The number of amides is 1. The lowest BCUT2D eigenvalue weighted by Gasteiger charge is -2.16. The van der Waals surface area contributed by atoms with Gasteiger partial charge in [0.1, 0.15) is 11.6 Å². The van der Waals surface area contributed by atoms with Gasteiger partial charge < -0.3 is 9.64 Å². The zero-order valence-electron chi connectivity index (χ0n) is 13.0. The molecule has 0 saturated heterocycles. The number of nitrogens with zero attached hydrogens (tertiary/aromatic N) is 1. The fourth-order valence-corrected chi connectivity index (χ4v) is 3.09. The molecule has 1 amide bonds. The molecule has 0 aromatic heterocycles. The highest BCUT2D eigenvalue weighted by Gasteiger charge is 2.24. The first-order valence-electron chi connectivity index (χ1n) is 7.86. The Labute approximate surface area is 139 Å². The van der Waals surface area contributed by atoms with Crippen LogP contribution in [-0.4, -0.2) is 17.4 Å². The minimum Gasteiger partial charge on any atom is -0.483 e. The summed E-state index contributed by atoms with van der Waals surface area (Å²) in [5.41, 5.74) is 1.86. The maximum Gasteiger partial charge on any atom is 0.261 e. The molecule has 4 heteroatoms. The Balaban J connectivity index is 1.46. The number of halogens is 1. The first kappa shape index (κ1) is 14.7. The van der Waals surface area contributed by atoms with Crippen LogP contribution in [0.5, 0.6) is 5.75 Å². The van der Waals surface area contributed by atoms with Crippen molar-refractivity contribution in [1.82, 2.24) is 4.90 Å². The maximum absolute atomic E-state index is 13.3. The zero-order valence-corrected chi connectivity index (χ0v) is 13.0. The van der Waals surface area contributed by atoms with Crippen molar-refractivity contribution in [2.45, 2.75) is 13.1 Å². The summed E-state index contributed by atoms with van der Waals surface area (Å²) in [6, 6.07) is 18.4. The summed E-state index contributed by atoms with van der Waals surface area (Å²) in [7, 11) is 0. The van der Waals surface area contributed by atoms with Crippen molar-refractivity contribution in [2.24, 2.45) is 0 Å². The van der Waals surface area contributed by atoms with Gasteiger partial charge in [0, 0.05) is 18.5 Å². The van der Waals surface area contributed by atoms with Crippen molar-refractivity contribution < 1.29 is 13.9 Å². The Hall–Kier alpha value is -2.88. The fourth-order valence-electron chi connectivity index (χ4n) is 3.09. The van der Waals surface area contributed by atoms with E-state index < -0.39 is 0 Å². The summed E-state index contributed by atoms with van der Waals surface area (Å²) < 4.78 is 19.0. The highest BCUT2D eigenvalue weighted by molar-refractivity contribution is 5.88. The third kappa shape index (κ3) is 2.71. The number of benzene rings is 3. The molecule has 1 aliphatic heterocycles. The van der Waals surface area contributed by atoms with E-state index in [9.17, 15) is 9.18 Å². The molecule has 0 aliphatic carbocycles. The number of hydrogen-bond acceptors (Lipinski definition) is 2. The van der Waals surface area contributed by atoms with Crippen molar-refractivity contribution in [3.05, 3.63) is 77.6 Å². The van der Waals surface area contributed by atoms with Crippen molar-refractivity contribution in [3.8, 4) is 5.75 Å². The second-order valence-electron chi connectivity index (χ2n) is 5.93. The summed E-state index contributed by atoms with van der Waals surface area (Å²) in [4.78, 5) is 14.1. The molecule has 4 rings (SSSR count). The van der Waals surface area contributed by atoms with Gasteiger partial charge in [-0.05, 0) is 34.7 Å². The molecule has 1 heterocycles. The van der Waals surface area contributed by atoms with E-state index in [0.717, 1.165) is 21.9 Å². The van der Waals surface area contributed by atoms with Gasteiger partial charge in [-0.2, -0.15) is 0 Å². The van der Waals surface area contributed by atoms with Crippen LogP contribution in [0.2, 0.25) is 0 Å². The topological polar surface area (TPSA) is 29.5 Å². The van der Waals surface area contributed by atoms with Crippen LogP contribution < -0.4 is 4.74 Å². The zero-order chi connectivity index (χ0) is 16.5. The number of fused-ring (bicyclic) bond motifs is 2. The van der Waals surface area contributed by atoms with Crippen molar-refractivity contribution >= 4 is 16.7 Å². The molecule has 1 aliphatic rings. The van der Waals surface area contributed by atoms with Crippen LogP contribution in [0.4, 0.5) is 4.39 Å². The minimum absolute atomic E-state index is 0.0233. The highest BCUT2D eigenvalue weighted by atomic mass is 19.1. The van der Waals surface area contributed by atoms with E-state index in [-0.39, 0.29) is 18.3 Å². The molecule has 0 fully saturated rings. The average molecular weight is 321 g/mol. The van der Waals surface area contributed by atoms with Gasteiger partial charge in [0.15, 0.2) is 6.61 Å². The van der Waals surface area contributed by atoms with Gasteiger partial charge in [-0.25, -0.2) is 4.39 Å². The molecule has 0 saturated carbocycles. The van der Waals surface area contributed by atoms with Crippen LogP contribution in [-0.2, 0) is 17.9 Å². The predicted octanol–water partition coefficient (Wildman–Crippen LogP) is 3.90. The normalized spacial score (nSPS) is 13.1. The molecule has 0 radical (unpaired) electrons. The molecular formula is C20H16FNO2. The van der Waals surface area contributed by atoms with E-state index in [2.05, 4.69) is 0 Å². The molecule has 3 aromatic rings. The Morgan fingerprint density at radius 3 is 2.71 bits per heavy atom. The Morgan fingerprint density at radius 2 is 1.79 bits per heavy atom. The van der Waals surface area contributed by atoms with E-state index in [4.69, 9.17) is 4.74 Å². The summed E-state index contributed by atoms with van der Waals surface area (Å²) >= 11 is 0. The summed E-state index contributed by atoms with van der Waals surface area (Å²) in [5.74, 6) is 0.332. The molecular weight excluding hydrogens is 305 g/mol. The number of carbonyl (C=O) groups excluding carboxylic acids is 1.